The quantitative estimate of drug-likeness (QED) is 0.670. The van der Waals surface area contributed by atoms with Crippen molar-refractivity contribution in [2.24, 2.45) is 0 Å². The van der Waals surface area contributed by atoms with Crippen LogP contribution in [0.3, 0.4) is 0 Å². The Hall–Kier alpha value is -1.23. The van der Waals surface area contributed by atoms with Gasteiger partial charge in [0.2, 0.25) is 0 Å². The Kier molecular flexibility index (Phi) is 3.33. The average molecular weight is 325 g/mol. The van der Waals surface area contributed by atoms with Crippen LogP contribution in [0, 0.1) is 10.5 Å². The topological polar surface area (TPSA) is 35.2 Å². The van der Waals surface area contributed by atoms with Gasteiger partial charge in [0.15, 0.2) is 0 Å². The van der Waals surface area contributed by atoms with E-state index in [-0.39, 0.29) is 0 Å². The SMILES string of the molecule is Cc1cc(Oc2cccc(I)c2)ccc1N. The second kappa shape index (κ2) is 4.74. The van der Waals surface area contributed by atoms with E-state index in [4.69, 9.17) is 10.5 Å². The van der Waals surface area contributed by atoms with Crippen molar-refractivity contribution >= 4 is 28.3 Å². The summed E-state index contributed by atoms with van der Waals surface area (Å²) in [6, 6.07) is 13.6. The van der Waals surface area contributed by atoms with Gasteiger partial charge >= 0.3 is 0 Å². The molecule has 0 heterocycles. The molecule has 2 rings (SSSR count). The summed E-state index contributed by atoms with van der Waals surface area (Å²) in [6.45, 7) is 1.97. The van der Waals surface area contributed by atoms with Crippen molar-refractivity contribution in [3.8, 4) is 11.5 Å². The lowest BCUT2D eigenvalue weighted by Crippen LogP contribution is -1.90. The van der Waals surface area contributed by atoms with Crippen LogP contribution in [0.4, 0.5) is 5.69 Å². The fourth-order valence-electron chi connectivity index (χ4n) is 1.38. The van der Waals surface area contributed by atoms with E-state index in [2.05, 4.69) is 22.6 Å². The molecule has 0 saturated heterocycles. The molecule has 0 aliphatic heterocycles. The van der Waals surface area contributed by atoms with Gasteiger partial charge < -0.3 is 10.5 Å². The molecule has 0 bridgehead atoms. The molecule has 0 atom stereocenters. The zero-order valence-corrected chi connectivity index (χ0v) is 11.1. The van der Waals surface area contributed by atoms with Crippen LogP contribution in [0.5, 0.6) is 11.5 Å². The fraction of sp³-hybridized carbons (Fsp3) is 0.0769. The van der Waals surface area contributed by atoms with E-state index in [0.717, 1.165) is 26.3 Å². The largest absolute Gasteiger partial charge is 0.457 e. The number of hydrogen-bond acceptors (Lipinski definition) is 2. The molecule has 0 spiro atoms. The van der Waals surface area contributed by atoms with Crippen molar-refractivity contribution < 1.29 is 4.74 Å². The van der Waals surface area contributed by atoms with E-state index < -0.39 is 0 Å². The molecule has 2 aromatic carbocycles. The highest BCUT2D eigenvalue weighted by Crippen LogP contribution is 2.25. The van der Waals surface area contributed by atoms with Gasteiger partial charge in [0.1, 0.15) is 11.5 Å². The minimum atomic E-state index is 0.787. The zero-order chi connectivity index (χ0) is 11.5. The summed E-state index contributed by atoms with van der Waals surface area (Å²) in [5.41, 5.74) is 7.57. The highest BCUT2D eigenvalue weighted by Gasteiger charge is 2.00. The first-order valence-electron chi connectivity index (χ1n) is 4.95. The van der Waals surface area contributed by atoms with Gasteiger partial charge in [-0.1, -0.05) is 6.07 Å². The standard InChI is InChI=1S/C13H12INO/c1-9-7-12(5-6-13(9)15)16-11-4-2-3-10(14)8-11/h2-8H,15H2,1H3. The molecule has 0 fully saturated rings. The lowest BCUT2D eigenvalue weighted by Gasteiger charge is -2.07. The minimum absolute atomic E-state index is 0.787. The van der Waals surface area contributed by atoms with Gasteiger partial charge in [0.25, 0.3) is 0 Å². The molecular weight excluding hydrogens is 313 g/mol. The van der Waals surface area contributed by atoms with Crippen molar-refractivity contribution in [2.45, 2.75) is 6.92 Å². The third-order valence-electron chi connectivity index (χ3n) is 2.27. The fourth-order valence-corrected chi connectivity index (χ4v) is 1.89. The van der Waals surface area contributed by atoms with E-state index in [1.807, 2.05) is 49.4 Å². The molecule has 2 aromatic rings. The van der Waals surface area contributed by atoms with Gasteiger partial charge in [-0.25, -0.2) is 0 Å². The van der Waals surface area contributed by atoms with E-state index in [0.29, 0.717) is 0 Å². The summed E-state index contributed by atoms with van der Waals surface area (Å²) >= 11 is 2.26. The molecule has 2 N–H and O–H groups in total. The molecule has 16 heavy (non-hydrogen) atoms. The number of hydrogen-bond donors (Lipinski definition) is 1. The molecule has 3 heteroatoms. The number of anilines is 1. The molecular formula is C13H12INO. The number of nitrogen functional groups attached to an aromatic ring is 1. The Morgan fingerprint density at radius 3 is 2.50 bits per heavy atom. The second-order valence-electron chi connectivity index (χ2n) is 3.58. The smallest absolute Gasteiger partial charge is 0.128 e. The third-order valence-corrected chi connectivity index (χ3v) is 2.94. The van der Waals surface area contributed by atoms with Gasteiger partial charge in [0.05, 0.1) is 0 Å². The van der Waals surface area contributed by atoms with Gasteiger partial charge in [-0.3, -0.25) is 0 Å². The first-order chi connectivity index (χ1) is 7.65. The number of aryl methyl sites for hydroxylation is 1. The van der Waals surface area contributed by atoms with Crippen LogP contribution in [-0.4, -0.2) is 0 Å². The lowest BCUT2D eigenvalue weighted by atomic mass is 10.2. The van der Waals surface area contributed by atoms with Crippen LogP contribution in [-0.2, 0) is 0 Å². The summed E-state index contributed by atoms with van der Waals surface area (Å²) < 4.78 is 6.89. The number of halogens is 1. The molecule has 0 aliphatic carbocycles. The average Bonchev–Trinajstić information content (AvgIpc) is 2.24. The first kappa shape index (κ1) is 11.3. The van der Waals surface area contributed by atoms with Crippen molar-refractivity contribution in [1.29, 1.82) is 0 Å². The molecule has 0 unspecified atom stereocenters. The Morgan fingerprint density at radius 2 is 1.81 bits per heavy atom. The monoisotopic (exact) mass is 325 g/mol. The Bertz CT molecular complexity index is 511. The van der Waals surface area contributed by atoms with Gasteiger partial charge in [-0.15, -0.1) is 0 Å². The van der Waals surface area contributed by atoms with E-state index in [1.165, 1.54) is 0 Å². The maximum atomic E-state index is 5.75. The van der Waals surface area contributed by atoms with Crippen LogP contribution >= 0.6 is 22.6 Å². The Balaban J connectivity index is 2.24. The summed E-state index contributed by atoms with van der Waals surface area (Å²) in [7, 11) is 0. The second-order valence-corrected chi connectivity index (χ2v) is 4.82. The number of ether oxygens (including phenoxy) is 1. The van der Waals surface area contributed by atoms with Crippen LogP contribution < -0.4 is 10.5 Å². The van der Waals surface area contributed by atoms with Gasteiger partial charge in [0, 0.05) is 9.26 Å². The molecule has 2 nitrogen and oxygen atoms in total. The first-order valence-corrected chi connectivity index (χ1v) is 6.02. The maximum absolute atomic E-state index is 5.75. The van der Waals surface area contributed by atoms with Gasteiger partial charge in [-0.2, -0.15) is 0 Å². The van der Waals surface area contributed by atoms with Crippen molar-refractivity contribution in [3.63, 3.8) is 0 Å². The summed E-state index contributed by atoms with van der Waals surface area (Å²) in [5.74, 6) is 1.66. The predicted molar refractivity (Wildman–Crippen MR) is 74.8 cm³/mol. The van der Waals surface area contributed by atoms with Crippen LogP contribution in [0.1, 0.15) is 5.56 Å². The maximum Gasteiger partial charge on any atom is 0.128 e. The summed E-state index contributed by atoms with van der Waals surface area (Å²) in [5, 5.41) is 0. The van der Waals surface area contributed by atoms with E-state index >= 15 is 0 Å². The van der Waals surface area contributed by atoms with Crippen LogP contribution in [0.15, 0.2) is 42.5 Å². The van der Waals surface area contributed by atoms with Crippen LogP contribution in [0.25, 0.3) is 0 Å². The van der Waals surface area contributed by atoms with Crippen molar-refractivity contribution in [3.05, 3.63) is 51.6 Å². The zero-order valence-electron chi connectivity index (χ0n) is 8.91. The lowest BCUT2D eigenvalue weighted by molar-refractivity contribution is 0.482. The highest BCUT2D eigenvalue weighted by molar-refractivity contribution is 14.1. The number of benzene rings is 2. The van der Waals surface area contributed by atoms with E-state index in [9.17, 15) is 0 Å². The molecule has 0 amide bonds. The molecule has 0 radical (unpaired) electrons. The van der Waals surface area contributed by atoms with Gasteiger partial charge in [-0.05, 0) is 71.5 Å². The van der Waals surface area contributed by atoms with Crippen LogP contribution in [0.2, 0.25) is 0 Å². The van der Waals surface area contributed by atoms with Crippen molar-refractivity contribution in [1.82, 2.24) is 0 Å². The minimum Gasteiger partial charge on any atom is -0.457 e. The molecule has 0 aromatic heterocycles. The molecule has 0 saturated carbocycles. The normalized spacial score (nSPS) is 10.1. The third kappa shape index (κ3) is 2.66. The highest BCUT2D eigenvalue weighted by atomic mass is 127. The number of rotatable bonds is 2. The number of nitrogens with two attached hydrogens (primary N) is 1. The summed E-state index contributed by atoms with van der Waals surface area (Å²) in [6.07, 6.45) is 0. The van der Waals surface area contributed by atoms with E-state index in [1.54, 1.807) is 0 Å². The van der Waals surface area contributed by atoms with Crippen molar-refractivity contribution in [2.75, 3.05) is 5.73 Å². The molecule has 0 aliphatic rings. The Morgan fingerprint density at radius 1 is 1.06 bits per heavy atom. The summed E-state index contributed by atoms with van der Waals surface area (Å²) in [4.78, 5) is 0. The Labute approximate surface area is 109 Å². The predicted octanol–water partition coefficient (Wildman–Crippen LogP) is 3.97. The molecule has 82 valence electrons.